The van der Waals surface area contributed by atoms with Gasteiger partial charge >= 0.3 is 0 Å². The summed E-state index contributed by atoms with van der Waals surface area (Å²) in [4.78, 5) is 2.30. The van der Waals surface area contributed by atoms with E-state index in [1.165, 1.54) is 0 Å². The molecule has 0 unspecified atom stereocenters. The molecule has 1 aromatic rings. The number of aliphatic hydroxyl groups is 1. The maximum Gasteiger partial charge on any atom is 0.179 e. The van der Waals surface area contributed by atoms with E-state index in [0.29, 0.717) is 24.0 Å². The standard InChI is InChI=1S/C15H20ClNO3/c16-13-7-11(9-17-4-1-3-12(17)10-18)8-14-15(13)20-6-2-5-19-14/h7-8,12,18H,1-6,9-10H2/t12-/m0/s1. The summed E-state index contributed by atoms with van der Waals surface area (Å²) in [6.45, 7) is 3.34. The van der Waals surface area contributed by atoms with Crippen LogP contribution in [0.4, 0.5) is 0 Å². The van der Waals surface area contributed by atoms with Crippen LogP contribution in [0.2, 0.25) is 5.02 Å². The van der Waals surface area contributed by atoms with E-state index >= 15 is 0 Å². The van der Waals surface area contributed by atoms with Crippen molar-refractivity contribution in [1.82, 2.24) is 4.90 Å². The molecule has 0 radical (unpaired) electrons. The van der Waals surface area contributed by atoms with Gasteiger partial charge in [0.25, 0.3) is 0 Å². The number of fused-ring (bicyclic) bond motifs is 1. The first-order valence-corrected chi connectivity index (χ1v) is 7.58. The molecule has 0 spiro atoms. The third-order valence-corrected chi connectivity index (χ3v) is 4.24. The number of ether oxygens (including phenoxy) is 2. The number of nitrogens with zero attached hydrogens (tertiary/aromatic N) is 1. The van der Waals surface area contributed by atoms with Crippen LogP contribution in [0.1, 0.15) is 24.8 Å². The molecular weight excluding hydrogens is 278 g/mol. The molecule has 2 aliphatic rings. The topological polar surface area (TPSA) is 41.9 Å². The molecule has 2 aliphatic heterocycles. The monoisotopic (exact) mass is 297 g/mol. The van der Waals surface area contributed by atoms with Crippen molar-refractivity contribution in [3.05, 3.63) is 22.7 Å². The van der Waals surface area contributed by atoms with Crippen molar-refractivity contribution in [2.45, 2.75) is 31.8 Å². The Morgan fingerprint density at radius 2 is 2.10 bits per heavy atom. The van der Waals surface area contributed by atoms with Crippen molar-refractivity contribution < 1.29 is 14.6 Å². The Bertz CT molecular complexity index is 480. The molecule has 2 heterocycles. The van der Waals surface area contributed by atoms with Crippen molar-refractivity contribution in [2.24, 2.45) is 0 Å². The Hall–Kier alpha value is -0.970. The minimum absolute atomic E-state index is 0.221. The average Bonchev–Trinajstić information content (AvgIpc) is 2.74. The van der Waals surface area contributed by atoms with Gasteiger partial charge in [-0.15, -0.1) is 0 Å². The number of rotatable bonds is 3. The van der Waals surface area contributed by atoms with Crippen LogP contribution in [-0.2, 0) is 6.54 Å². The summed E-state index contributed by atoms with van der Waals surface area (Å²) in [7, 11) is 0. The highest BCUT2D eigenvalue weighted by Crippen LogP contribution is 2.38. The second kappa shape index (κ2) is 6.20. The number of likely N-dealkylation sites (tertiary alicyclic amines) is 1. The summed E-state index contributed by atoms with van der Waals surface area (Å²) in [5.41, 5.74) is 1.11. The van der Waals surface area contributed by atoms with E-state index in [1.54, 1.807) is 0 Å². The van der Waals surface area contributed by atoms with Crippen LogP contribution >= 0.6 is 11.6 Å². The van der Waals surface area contributed by atoms with Crippen LogP contribution in [0.15, 0.2) is 12.1 Å². The van der Waals surface area contributed by atoms with Crippen LogP contribution in [0.5, 0.6) is 11.5 Å². The fraction of sp³-hybridized carbons (Fsp3) is 0.600. The predicted molar refractivity (Wildman–Crippen MR) is 77.6 cm³/mol. The Morgan fingerprint density at radius 3 is 2.95 bits per heavy atom. The van der Waals surface area contributed by atoms with Crippen LogP contribution in [-0.4, -0.2) is 42.4 Å². The van der Waals surface area contributed by atoms with Crippen molar-refractivity contribution in [2.75, 3.05) is 26.4 Å². The molecule has 3 rings (SSSR count). The zero-order chi connectivity index (χ0) is 13.9. The first-order valence-electron chi connectivity index (χ1n) is 7.21. The van der Waals surface area contributed by atoms with Crippen LogP contribution in [0.3, 0.4) is 0 Å². The zero-order valence-corrected chi connectivity index (χ0v) is 12.2. The van der Waals surface area contributed by atoms with Gasteiger partial charge in [-0.25, -0.2) is 0 Å². The molecule has 110 valence electrons. The predicted octanol–water partition coefficient (Wildman–Crippen LogP) is 2.46. The van der Waals surface area contributed by atoms with E-state index in [1.807, 2.05) is 12.1 Å². The van der Waals surface area contributed by atoms with Crippen molar-refractivity contribution in [1.29, 1.82) is 0 Å². The summed E-state index contributed by atoms with van der Waals surface area (Å²) >= 11 is 6.30. The number of benzene rings is 1. The maximum atomic E-state index is 9.39. The Labute approximate surface area is 124 Å². The lowest BCUT2D eigenvalue weighted by Crippen LogP contribution is -2.31. The SMILES string of the molecule is OC[C@@H]1CCCN1Cc1cc(Cl)c2c(c1)OCCCO2. The maximum absolute atomic E-state index is 9.39. The smallest absolute Gasteiger partial charge is 0.179 e. The molecular formula is C15H20ClNO3. The molecule has 1 fully saturated rings. The summed E-state index contributed by atoms with van der Waals surface area (Å²) in [6.07, 6.45) is 3.08. The van der Waals surface area contributed by atoms with Gasteiger partial charge in [-0.05, 0) is 37.1 Å². The molecule has 20 heavy (non-hydrogen) atoms. The highest BCUT2D eigenvalue weighted by Gasteiger charge is 2.24. The molecule has 1 N–H and O–H groups in total. The van der Waals surface area contributed by atoms with E-state index < -0.39 is 0 Å². The molecule has 0 aliphatic carbocycles. The highest BCUT2D eigenvalue weighted by atomic mass is 35.5. The third kappa shape index (κ3) is 2.87. The lowest BCUT2D eigenvalue weighted by molar-refractivity contribution is 0.153. The third-order valence-electron chi connectivity index (χ3n) is 3.96. The average molecular weight is 298 g/mol. The van der Waals surface area contributed by atoms with Gasteiger partial charge in [-0.2, -0.15) is 0 Å². The highest BCUT2D eigenvalue weighted by molar-refractivity contribution is 6.32. The molecule has 0 amide bonds. The summed E-state index contributed by atoms with van der Waals surface area (Å²) in [5, 5.41) is 10.00. The molecule has 5 heteroatoms. The van der Waals surface area contributed by atoms with E-state index in [4.69, 9.17) is 21.1 Å². The lowest BCUT2D eigenvalue weighted by atomic mass is 10.1. The molecule has 4 nitrogen and oxygen atoms in total. The number of aliphatic hydroxyl groups excluding tert-OH is 1. The normalized spacial score (nSPS) is 22.8. The Morgan fingerprint density at radius 1 is 1.25 bits per heavy atom. The largest absolute Gasteiger partial charge is 0.489 e. The van der Waals surface area contributed by atoms with Crippen LogP contribution < -0.4 is 9.47 Å². The quantitative estimate of drug-likeness (QED) is 0.930. The van der Waals surface area contributed by atoms with E-state index in [9.17, 15) is 5.11 Å². The summed E-state index contributed by atoms with van der Waals surface area (Å²) in [6, 6.07) is 4.23. The Balaban J connectivity index is 1.80. The van der Waals surface area contributed by atoms with Crippen molar-refractivity contribution in [3.8, 4) is 11.5 Å². The van der Waals surface area contributed by atoms with Gasteiger partial charge in [0, 0.05) is 19.0 Å². The molecule has 0 bridgehead atoms. The van der Waals surface area contributed by atoms with E-state index in [-0.39, 0.29) is 12.6 Å². The number of halogens is 1. The molecule has 0 saturated carbocycles. The second-order valence-electron chi connectivity index (χ2n) is 5.40. The zero-order valence-electron chi connectivity index (χ0n) is 11.5. The van der Waals surface area contributed by atoms with Gasteiger partial charge < -0.3 is 14.6 Å². The second-order valence-corrected chi connectivity index (χ2v) is 5.81. The van der Waals surface area contributed by atoms with Crippen LogP contribution in [0.25, 0.3) is 0 Å². The van der Waals surface area contributed by atoms with Gasteiger partial charge in [-0.1, -0.05) is 11.6 Å². The van der Waals surface area contributed by atoms with Gasteiger partial charge in [0.2, 0.25) is 0 Å². The fourth-order valence-corrected chi connectivity index (χ4v) is 3.21. The summed E-state index contributed by atoms with van der Waals surface area (Å²) in [5.74, 6) is 1.40. The van der Waals surface area contributed by atoms with Gasteiger partial charge in [-0.3, -0.25) is 4.90 Å². The molecule has 0 aromatic heterocycles. The Kier molecular flexibility index (Phi) is 4.34. The van der Waals surface area contributed by atoms with Crippen molar-refractivity contribution in [3.63, 3.8) is 0 Å². The minimum Gasteiger partial charge on any atom is -0.489 e. The fourth-order valence-electron chi connectivity index (χ4n) is 2.92. The molecule has 1 saturated heterocycles. The number of hydrogen-bond donors (Lipinski definition) is 1. The van der Waals surface area contributed by atoms with Crippen LogP contribution in [0, 0.1) is 0 Å². The first kappa shape index (κ1) is 14.0. The number of hydrogen-bond acceptors (Lipinski definition) is 4. The summed E-state index contributed by atoms with van der Waals surface area (Å²) < 4.78 is 11.3. The van der Waals surface area contributed by atoms with E-state index in [0.717, 1.165) is 43.7 Å². The minimum atomic E-state index is 0.221. The van der Waals surface area contributed by atoms with Gasteiger partial charge in [0.1, 0.15) is 0 Å². The van der Waals surface area contributed by atoms with Crippen molar-refractivity contribution >= 4 is 11.6 Å². The molecule has 1 atom stereocenters. The first-order chi connectivity index (χ1) is 9.78. The molecule has 1 aromatic carbocycles. The van der Waals surface area contributed by atoms with Gasteiger partial charge in [0.05, 0.1) is 24.8 Å². The van der Waals surface area contributed by atoms with Gasteiger partial charge in [0.15, 0.2) is 11.5 Å². The van der Waals surface area contributed by atoms with E-state index in [2.05, 4.69) is 4.90 Å². The lowest BCUT2D eigenvalue weighted by Gasteiger charge is -2.23.